The summed E-state index contributed by atoms with van der Waals surface area (Å²) in [7, 11) is 1.63. The molecular weight excluding hydrogens is 540 g/mol. The quantitative estimate of drug-likeness (QED) is 0.179. The van der Waals surface area contributed by atoms with Crippen molar-refractivity contribution in [3.63, 3.8) is 0 Å². The first-order valence-corrected chi connectivity index (χ1v) is 14.9. The van der Waals surface area contributed by atoms with Crippen molar-refractivity contribution in [2.75, 3.05) is 13.7 Å². The molecule has 3 N–H and O–H groups in total. The van der Waals surface area contributed by atoms with Crippen LogP contribution < -0.4 is 20.1 Å². The molecule has 2 heterocycles. The van der Waals surface area contributed by atoms with Gasteiger partial charge >= 0.3 is 0 Å². The van der Waals surface area contributed by atoms with Crippen molar-refractivity contribution in [3.8, 4) is 17.2 Å². The second-order valence-electron chi connectivity index (χ2n) is 10.8. The van der Waals surface area contributed by atoms with Gasteiger partial charge in [-0.25, -0.2) is 0 Å². The summed E-state index contributed by atoms with van der Waals surface area (Å²) in [6, 6.07) is 30.3. The number of carbonyl (C=O) groups excluding carboxylic acids is 1. The third-order valence-electron chi connectivity index (χ3n) is 7.73. The third kappa shape index (κ3) is 8.64. The first-order valence-electron chi connectivity index (χ1n) is 14.9. The highest BCUT2D eigenvalue weighted by atomic mass is 16.5. The minimum Gasteiger partial charge on any atom is -0.497 e. The number of benzene rings is 3. The molecule has 1 saturated heterocycles. The van der Waals surface area contributed by atoms with Gasteiger partial charge in [0.25, 0.3) is 0 Å². The van der Waals surface area contributed by atoms with Crippen LogP contribution in [0.3, 0.4) is 0 Å². The lowest BCUT2D eigenvalue weighted by molar-refractivity contribution is -0.147. The van der Waals surface area contributed by atoms with Crippen LogP contribution in [0.15, 0.2) is 103 Å². The summed E-state index contributed by atoms with van der Waals surface area (Å²) in [6.45, 7) is 1.99. The number of rotatable bonds is 14. The lowest BCUT2D eigenvalue weighted by Crippen LogP contribution is -2.65. The van der Waals surface area contributed by atoms with Crippen LogP contribution in [0.25, 0.3) is 0 Å². The Balaban J connectivity index is 1.23. The highest BCUT2D eigenvalue weighted by molar-refractivity contribution is 5.83. The number of hydrogen-bond acceptors (Lipinski definition) is 7. The van der Waals surface area contributed by atoms with Gasteiger partial charge in [-0.15, -0.1) is 0 Å². The Morgan fingerprint density at radius 2 is 1.56 bits per heavy atom. The Morgan fingerprint density at radius 3 is 2.28 bits per heavy atom. The minimum atomic E-state index is -0.840. The summed E-state index contributed by atoms with van der Waals surface area (Å²) in [5.41, 5.74) is 3.02. The van der Waals surface area contributed by atoms with Gasteiger partial charge in [-0.05, 0) is 85.5 Å². The van der Waals surface area contributed by atoms with E-state index in [0.29, 0.717) is 25.9 Å². The van der Waals surface area contributed by atoms with E-state index in [1.54, 1.807) is 13.3 Å². The molecule has 1 aromatic heterocycles. The zero-order valence-corrected chi connectivity index (χ0v) is 24.6. The molecule has 0 bridgehead atoms. The first-order chi connectivity index (χ1) is 21.1. The highest BCUT2D eigenvalue weighted by Gasteiger charge is 2.40. The van der Waals surface area contributed by atoms with E-state index in [9.17, 15) is 9.90 Å². The number of nitrogens with one attached hydrogen (secondary N) is 2. The molecular formula is C35H40N4O4. The van der Waals surface area contributed by atoms with E-state index in [0.717, 1.165) is 53.5 Å². The maximum absolute atomic E-state index is 13.5. The zero-order chi connectivity index (χ0) is 29.9. The Kier molecular flexibility index (Phi) is 10.8. The van der Waals surface area contributed by atoms with Gasteiger partial charge in [-0.3, -0.25) is 14.7 Å². The van der Waals surface area contributed by atoms with E-state index < -0.39 is 18.3 Å². The highest BCUT2D eigenvalue weighted by Crippen LogP contribution is 2.26. The van der Waals surface area contributed by atoms with Gasteiger partial charge in [0.15, 0.2) is 0 Å². The largest absolute Gasteiger partial charge is 0.497 e. The molecule has 0 radical (unpaired) electrons. The van der Waals surface area contributed by atoms with Gasteiger partial charge in [0, 0.05) is 19.3 Å². The van der Waals surface area contributed by atoms with Crippen LogP contribution in [0.2, 0.25) is 0 Å². The summed E-state index contributed by atoms with van der Waals surface area (Å²) in [5, 5.41) is 18.1. The van der Waals surface area contributed by atoms with E-state index in [4.69, 9.17) is 9.47 Å². The van der Waals surface area contributed by atoms with Crippen LogP contribution >= 0.6 is 0 Å². The van der Waals surface area contributed by atoms with Crippen molar-refractivity contribution in [3.05, 3.63) is 120 Å². The second-order valence-corrected chi connectivity index (χ2v) is 10.8. The molecule has 3 atom stereocenters. The number of ether oxygens (including phenoxy) is 2. The number of nitrogens with zero attached hydrogens (tertiary/aromatic N) is 2. The second kappa shape index (κ2) is 15.3. The van der Waals surface area contributed by atoms with Crippen LogP contribution in [0.1, 0.15) is 36.1 Å². The fourth-order valence-electron chi connectivity index (χ4n) is 5.40. The van der Waals surface area contributed by atoms with E-state index >= 15 is 0 Å². The molecule has 0 saturated carbocycles. The number of carbonyl (C=O) groups is 1. The van der Waals surface area contributed by atoms with Crippen LogP contribution in [0.5, 0.6) is 17.2 Å². The van der Waals surface area contributed by atoms with Gasteiger partial charge < -0.3 is 25.2 Å². The van der Waals surface area contributed by atoms with E-state index in [1.165, 1.54) is 0 Å². The van der Waals surface area contributed by atoms with Crippen molar-refractivity contribution < 1.29 is 19.4 Å². The number of piperazine rings is 1. The van der Waals surface area contributed by atoms with Gasteiger partial charge in [-0.1, -0.05) is 55.0 Å². The Bertz CT molecular complexity index is 1400. The average molecular weight is 581 g/mol. The normalized spacial score (nSPS) is 18.7. The monoisotopic (exact) mass is 580 g/mol. The van der Waals surface area contributed by atoms with Gasteiger partial charge in [-0.2, -0.15) is 0 Å². The smallest absolute Gasteiger partial charge is 0.237 e. The summed E-state index contributed by atoms with van der Waals surface area (Å²) >= 11 is 0. The molecule has 8 nitrogen and oxygen atoms in total. The number of aromatic nitrogens is 1. The van der Waals surface area contributed by atoms with Crippen molar-refractivity contribution in [1.29, 1.82) is 0 Å². The van der Waals surface area contributed by atoms with E-state index in [1.807, 2.05) is 102 Å². The molecule has 0 aliphatic carbocycles. The molecule has 4 aromatic rings. The predicted octanol–water partition coefficient (Wildman–Crippen LogP) is 5.07. The first kappa shape index (κ1) is 30.2. The minimum absolute atomic E-state index is 0.0470. The van der Waals surface area contributed by atoms with Gasteiger partial charge in [0.2, 0.25) is 5.91 Å². The number of aliphatic hydroxyl groups is 1. The number of pyridine rings is 1. The fourth-order valence-corrected chi connectivity index (χ4v) is 5.40. The Morgan fingerprint density at radius 1 is 0.860 bits per heavy atom. The third-order valence-corrected chi connectivity index (χ3v) is 7.73. The molecule has 43 heavy (non-hydrogen) atoms. The van der Waals surface area contributed by atoms with Gasteiger partial charge in [0.05, 0.1) is 24.9 Å². The molecule has 1 fully saturated rings. The number of unbranched alkanes of at least 4 members (excludes halogenated alkanes) is 1. The van der Waals surface area contributed by atoms with E-state index in [-0.39, 0.29) is 5.91 Å². The Labute approximate surface area is 253 Å². The molecule has 5 rings (SSSR count). The number of para-hydroxylation sites is 1. The van der Waals surface area contributed by atoms with Crippen molar-refractivity contribution in [2.45, 2.75) is 57.1 Å². The predicted molar refractivity (Wildman–Crippen MR) is 167 cm³/mol. The molecule has 1 amide bonds. The summed E-state index contributed by atoms with van der Waals surface area (Å²) < 4.78 is 11.2. The van der Waals surface area contributed by atoms with Crippen LogP contribution in [0.4, 0.5) is 0 Å². The standard InChI is InChI=1S/C35H40N4O4/c1-42-29-17-13-26(14-18-29)23-32-35(41)39(25-27-15-19-31(20-16-27)43-30-10-3-2-4-11-30)33(34(40)38-32)12-6-7-21-36-24-28-9-5-8-22-37-28/h2-5,8-11,13-20,22,32-33,35-36,41H,6-7,12,21,23-25H2,1H3,(H,38,40)/t32-,33-,35?/m0/s1. The molecule has 3 aromatic carbocycles. The molecule has 1 aliphatic heterocycles. The summed E-state index contributed by atoms with van der Waals surface area (Å²) in [6.07, 6.45) is 3.89. The van der Waals surface area contributed by atoms with Crippen molar-refractivity contribution in [1.82, 2.24) is 20.5 Å². The molecule has 1 aliphatic rings. The number of amides is 1. The zero-order valence-electron chi connectivity index (χ0n) is 24.6. The summed E-state index contributed by atoms with van der Waals surface area (Å²) in [4.78, 5) is 19.8. The number of hydrogen-bond donors (Lipinski definition) is 3. The van der Waals surface area contributed by atoms with Crippen LogP contribution in [-0.2, 0) is 24.3 Å². The molecule has 224 valence electrons. The molecule has 0 spiro atoms. The maximum Gasteiger partial charge on any atom is 0.237 e. The summed E-state index contributed by atoms with van der Waals surface area (Å²) in [5.74, 6) is 2.23. The molecule has 8 heteroatoms. The SMILES string of the molecule is COc1ccc(C[C@@H]2NC(=O)[C@H](CCCCNCc3ccccn3)N(Cc3ccc(Oc4ccccc4)cc3)C2O)cc1. The van der Waals surface area contributed by atoms with Crippen LogP contribution in [0, 0.1) is 0 Å². The number of aliphatic hydroxyl groups excluding tert-OH is 1. The number of methoxy groups -OCH3 is 1. The lowest BCUT2D eigenvalue weighted by atomic mass is 9.96. The fraction of sp³-hybridized carbons (Fsp3) is 0.314. The van der Waals surface area contributed by atoms with Gasteiger partial charge in [0.1, 0.15) is 23.5 Å². The topological polar surface area (TPSA) is 96.0 Å². The van der Waals surface area contributed by atoms with Crippen molar-refractivity contribution >= 4 is 5.91 Å². The van der Waals surface area contributed by atoms with Crippen LogP contribution in [-0.4, -0.2) is 52.9 Å². The lowest BCUT2D eigenvalue weighted by Gasteiger charge is -2.43. The van der Waals surface area contributed by atoms with E-state index in [2.05, 4.69) is 15.6 Å². The van der Waals surface area contributed by atoms with Crippen molar-refractivity contribution in [2.24, 2.45) is 0 Å². The Hall–Kier alpha value is -4.24. The maximum atomic E-state index is 13.5. The molecule has 1 unspecified atom stereocenters. The average Bonchev–Trinajstić information content (AvgIpc) is 3.04.